The van der Waals surface area contributed by atoms with Crippen molar-refractivity contribution < 1.29 is 62.4 Å². The van der Waals surface area contributed by atoms with Gasteiger partial charge in [-0.1, -0.05) is 64.2 Å². The van der Waals surface area contributed by atoms with E-state index in [9.17, 15) is 15.0 Å². The number of nitrogens with one attached hydrogen (secondary N) is 1. The number of aliphatic hydroxyl groups excluding tert-OH is 1. The number of carbonyl (C=O) groups excluding carboxylic acids is 1. The molecule has 3 N–H and O–H groups in total. The van der Waals surface area contributed by atoms with Crippen LogP contribution in [-0.2, 0) is 52.2 Å². The Hall–Kier alpha value is -2.31. The maximum absolute atomic E-state index is 14.3. The first-order valence-electron chi connectivity index (χ1n) is 22.9. The van der Waals surface area contributed by atoms with Gasteiger partial charge in [0.2, 0.25) is 0 Å². The van der Waals surface area contributed by atoms with E-state index in [1.165, 1.54) is 0 Å². The zero-order valence-corrected chi connectivity index (χ0v) is 38.6. The summed E-state index contributed by atoms with van der Waals surface area (Å²) >= 11 is 0. The van der Waals surface area contributed by atoms with Gasteiger partial charge < -0.3 is 62.9 Å². The Morgan fingerprint density at radius 2 is 1.60 bits per heavy atom. The first-order valence-corrected chi connectivity index (χ1v) is 22.9. The molecular formula is C48H73NO13. The van der Waals surface area contributed by atoms with Gasteiger partial charge in [-0.2, -0.15) is 0 Å². The number of carbonyl (C=O) groups is 1. The number of hydrogen-bond acceptors (Lipinski definition) is 14. The van der Waals surface area contributed by atoms with Gasteiger partial charge in [0.15, 0.2) is 18.4 Å². The zero-order valence-electron chi connectivity index (χ0n) is 38.6. The molecule has 1 spiro atoms. The molecule has 0 aromatic heterocycles. The summed E-state index contributed by atoms with van der Waals surface area (Å²) in [7, 11) is 5.30. The molecular weight excluding hydrogens is 799 g/mol. The van der Waals surface area contributed by atoms with Crippen molar-refractivity contribution in [3.8, 4) is 0 Å². The molecule has 62 heavy (non-hydrogen) atoms. The SMILES string of the molecule is CNC1C(C)OC(OC2C(C)OC(OC3/C(C)=C/CC4CC(CC5(C=CC(C)C(C(C)C)O5)O4)OC(=O)C4C=C(C)C(O)C5OC/C(=C\C=C\C3C)C45O)CC2OC)CC1OC. The lowest BCUT2D eigenvalue weighted by molar-refractivity contribution is -0.312. The Kier molecular flexibility index (Phi) is 15.1. The predicted octanol–water partition coefficient (Wildman–Crippen LogP) is 5.21. The van der Waals surface area contributed by atoms with Crippen molar-refractivity contribution in [2.24, 2.45) is 23.7 Å². The van der Waals surface area contributed by atoms with Crippen molar-refractivity contribution in [1.29, 1.82) is 0 Å². The molecule has 0 saturated carbocycles. The molecule has 7 aliphatic rings. The summed E-state index contributed by atoms with van der Waals surface area (Å²) in [5.74, 6) is -2.56. The van der Waals surface area contributed by atoms with Crippen LogP contribution in [0.2, 0.25) is 0 Å². The van der Waals surface area contributed by atoms with Crippen LogP contribution in [0.3, 0.4) is 0 Å². The van der Waals surface area contributed by atoms with Crippen LogP contribution in [0.5, 0.6) is 0 Å². The molecule has 6 aliphatic heterocycles. The molecule has 0 radical (unpaired) electrons. The third kappa shape index (κ3) is 9.64. The molecule has 14 heteroatoms. The van der Waals surface area contributed by atoms with Crippen molar-refractivity contribution in [2.45, 2.75) is 185 Å². The average Bonchev–Trinajstić information content (AvgIpc) is 3.57. The van der Waals surface area contributed by atoms with E-state index in [0.717, 1.165) is 5.57 Å². The van der Waals surface area contributed by atoms with E-state index in [2.05, 4.69) is 52.1 Å². The number of rotatable bonds is 8. The number of ether oxygens (including phenoxy) is 10. The van der Waals surface area contributed by atoms with Crippen molar-refractivity contribution in [3.05, 3.63) is 59.3 Å². The van der Waals surface area contributed by atoms with Crippen LogP contribution in [-0.4, -0.2) is 141 Å². The van der Waals surface area contributed by atoms with Gasteiger partial charge in [0.05, 0.1) is 55.4 Å². The highest BCUT2D eigenvalue weighted by molar-refractivity contribution is 5.78. The minimum absolute atomic E-state index is 0.0407. The van der Waals surface area contributed by atoms with Gasteiger partial charge in [-0.3, -0.25) is 4.79 Å². The lowest BCUT2D eigenvalue weighted by Crippen LogP contribution is -2.58. The lowest BCUT2D eigenvalue weighted by atomic mass is 9.71. The second-order valence-corrected chi connectivity index (χ2v) is 19.1. The smallest absolute Gasteiger partial charge is 0.316 e. The normalized spacial score (nSPS) is 48.7. The number of esters is 1. The molecule has 19 unspecified atom stereocenters. The fourth-order valence-electron chi connectivity index (χ4n) is 10.9. The van der Waals surface area contributed by atoms with Crippen LogP contribution in [0.4, 0.5) is 0 Å². The number of fused-ring (bicyclic) bond motifs is 2. The topological polar surface area (TPSA) is 162 Å². The molecule has 0 aromatic rings. The number of hydrogen-bond donors (Lipinski definition) is 3. The second kappa shape index (κ2) is 19.7. The molecule has 7 rings (SSSR count). The van der Waals surface area contributed by atoms with Gasteiger partial charge in [0.1, 0.15) is 35.9 Å². The van der Waals surface area contributed by atoms with Crippen molar-refractivity contribution >= 4 is 5.97 Å². The highest BCUT2D eigenvalue weighted by atomic mass is 16.7. The molecule has 19 atom stereocenters. The van der Waals surface area contributed by atoms with Crippen LogP contribution < -0.4 is 5.32 Å². The van der Waals surface area contributed by atoms with Gasteiger partial charge in [-0.15, -0.1) is 0 Å². The summed E-state index contributed by atoms with van der Waals surface area (Å²) in [6, 6.07) is 0.0445. The first-order chi connectivity index (χ1) is 29.5. The Morgan fingerprint density at radius 1 is 0.887 bits per heavy atom. The molecule has 0 aromatic carbocycles. The first kappa shape index (κ1) is 47.6. The number of methoxy groups -OCH3 is 2. The summed E-state index contributed by atoms with van der Waals surface area (Å²) in [4.78, 5) is 14.3. The van der Waals surface area contributed by atoms with Gasteiger partial charge >= 0.3 is 5.97 Å². The molecule has 14 nitrogen and oxygen atoms in total. The minimum atomic E-state index is -1.83. The maximum Gasteiger partial charge on any atom is 0.316 e. The number of allylic oxidation sites excluding steroid dienone is 2. The average molecular weight is 872 g/mol. The van der Waals surface area contributed by atoms with E-state index < -0.39 is 66.4 Å². The van der Waals surface area contributed by atoms with E-state index in [4.69, 9.17) is 47.4 Å². The van der Waals surface area contributed by atoms with E-state index in [0.29, 0.717) is 43.3 Å². The summed E-state index contributed by atoms with van der Waals surface area (Å²) in [6.45, 7) is 16.3. The molecule has 4 saturated heterocycles. The zero-order chi connectivity index (χ0) is 44.7. The van der Waals surface area contributed by atoms with E-state index in [1.54, 1.807) is 33.3 Å². The molecule has 0 amide bonds. The van der Waals surface area contributed by atoms with Crippen molar-refractivity contribution in [2.75, 3.05) is 27.9 Å². The molecule has 2 bridgehead atoms. The fraction of sp³-hybridized carbons (Fsp3) is 0.771. The van der Waals surface area contributed by atoms with Gasteiger partial charge in [0.25, 0.3) is 0 Å². The summed E-state index contributed by atoms with van der Waals surface area (Å²) in [5.41, 5.74) is 0.176. The molecule has 4 fully saturated rings. The van der Waals surface area contributed by atoms with E-state index in [1.807, 2.05) is 39.1 Å². The third-order valence-corrected chi connectivity index (χ3v) is 14.3. The largest absolute Gasteiger partial charge is 0.462 e. The summed E-state index contributed by atoms with van der Waals surface area (Å²) in [6.07, 6.45) is 9.72. The molecule has 348 valence electrons. The van der Waals surface area contributed by atoms with Crippen molar-refractivity contribution in [3.63, 3.8) is 0 Å². The summed E-state index contributed by atoms with van der Waals surface area (Å²) in [5, 5.41) is 27.0. The standard InChI is InChI=1S/C48H73NO13/c1-25(2)42-28(5)17-18-47(62-42)23-34-20-33(61-47)16-15-27(4)43(26(3)13-12-14-32-24-55-45-41(50)29(6)19-35(46(51)58-34)48(32,45)52)59-39-22-37(54-11)44(31(8)57-39)60-38-21-36(53-10)40(49-9)30(7)56-38/h12-15,17-19,25-26,28,30-31,33-45,49-50,52H,16,20-24H2,1-11H3/b13-12+,27-15+,32-14+. The van der Waals surface area contributed by atoms with Gasteiger partial charge in [-0.05, 0) is 69.9 Å². The monoisotopic (exact) mass is 872 g/mol. The Morgan fingerprint density at radius 3 is 2.31 bits per heavy atom. The van der Waals surface area contributed by atoms with Crippen molar-refractivity contribution in [1.82, 2.24) is 5.32 Å². The van der Waals surface area contributed by atoms with Crippen LogP contribution >= 0.6 is 0 Å². The molecule has 6 heterocycles. The number of aliphatic hydroxyl groups is 2. The highest BCUT2D eigenvalue weighted by Gasteiger charge is 2.60. The number of likely N-dealkylation sites (N-methyl/N-ethyl adjacent to an activating group) is 1. The fourth-order valence-corrected chi connectivity index (χ4v) is 10.9. The minimum Gasteiger partial charge on any atom is -0.462 e. The predicted molar refractivity (Wildman–Crippen MR) is 230 cm³/mol. The quantitative estimate of drug-likeness (QED) is 0.215. The van der Waals surface area contributed by atoms with Gasteiger partial charge in [-0.25, -0.2) is 0 Å². The highest BCUT2D eigenvalue weighted by Crippen LogP contribution is 2.47. The van der Waals surface area contributed by atoms with Crippen LogP contribution in [0.15, 0.2) is 59.3 Å². The Bertz CT molecular complexity index is 1730. The summed E-state index contributed by atoms with van der Waals surface area (Å²) < 4.78 is 64.3. The van der Waals surface area contributed by atoms with E-state index >= 15 is 0 Å². The van der Waals surface area contributed by atoms with Crippen LogP contribution in [0.1, 0.15) is 87.5 Å². The van der Waals surface area contributed by atoms with Crippen LogP contribution in [0.25, 0.3) is 0 Å². The maximum atomic E-state index is 14.3. The van der Waals surface area contributed by atoms with Gasteiger partial charge in [0, 0.05) is 51.7 Å². The van der Waals surface area contributed by atoms with Crippen LogP contribution in [0, 0.1) is 23.7 Å². The van der Waals surface area contributed by atoms with E-state index in [-0.39, 0.29) is 67.0 Å². The third-order valence-electron chi connectivity index (χ3n) is 14.3. The molecule has 1 aliphatic carbocycles. The lowest BCUT2D eigenvalue weighted by Gasteiger charge is -2.48. The Balaban J connectivity index is 1.17. The Labute approximate surface area is 368 Å². The second-order valence-electron chi connectivity index (χ2n) is 19.1.